The van der Waals surface area contributed by atoms with Crippen LogP contribution in [0.25, 0.3) is 0 Å². The van der Waals surface area contributed by atoms with Crippen LogP contribution in [0.15, 0.2) is 54.6 Å². The lowest BCUT2D eigenvalue weighted by Crippen LogP contribution is -2.43. The molecule has 2 aromatic rings. The molecule has 1 saturated carbocycles. The first kappa shape index (κ1) is 19.6. The Hall–Kier alpha value is -2.17. The second kappa shape index (κ2) is 9.16. The van der Waals surface area contributed by atoms with Gasteiger partial charge in [-0.05, 0) is 37.3 Å². The Balaban J connectivity index is 1.78. The van der Waals surface area contributed by atoms with Crippen molar-refractivity contribution in [3.63, 3.8) is 0 Å². The van der Waals surface area contributed by atoms with Crippen LogP contribution in [0.1, 0.15) is 36.0 Å². The van der Waals surface area contributed by atoms with Gasteiger partial charge in [-0.3, -0.25) is 4.79 Å². The maximum atomic E-state index is 13.3. The quantitative estimate of drug-likeness (QED) is 0.847. The fraction of sp³-hybridized carbons (Fsp3) is 0.435. The van der Waals surface area contributed by atoms with Crippen molar-refractivity contribution >= 4 is 5.91 Å². The minimum Gasteiger partial charge on any atom is -0.390 e. The Bertz CT molecular complexity index is 746. The summed E-state index contributed by atoms with van der Waals surface area (Å²) in [7, 11) is 1.61. The topological polar surface area (TPSA) is 49.8 Å². The molecular formula is C23H29NO3. The summed E-state index contributed by atoms with van der Waals surface area (Å²) in [6, 6.07) is 18.4. The zero-order valence-corrected chi connectivity index (χ0v) is 16.2. The average molecular weight is 367 g/mol. The molecule has 0 radical (unpaired) electrons. The Kier molecular flexibility index (Phi) is 6.64. The third-order valence-corrected chi connectivity index (χ3v) is 5.39. The SMILES string of the molecule is CO[C@@H]1C[C@H](C(=O)N(Cc2ccccc2)Cc2cccc(C)c2)CC[C@@H]1O. The molecule has 144 valence electrons. The highest BCUT2D eigenvalue weighted by molar-refractivity contribution is 5.79. The molecule has 1 fully saturated rings. The van der Waals surface area contributed by atoms with E-state index in [1.165, 1.54) is 5.56 Å². The van der Waals surface area contributed by atoms with Gasteiger partial charge in [-0.2, -0.15) is 0 Å². The zero-order chi connectivity index (χ0) is 19.2. The van der Waals surface area contributed by atoms with Gasteiger partial charge in [0.1, 0.15) is 0 Å². The number of carbonyl (C=O) groups is 1. The molecule has 1 amide bonds. The van der Waals surface area contributed by atoms with Gasteiger partial charge in [-0.15, -0.1) is 0 Å². The normalized spacial score (nSPS) is 22.4. The summed E-state index contributed by atoms with van der Waals surface area (Å²) in [6.07, 6.45) is 1.16. The van der Waals surface area contributed by atoms with Crippen molar-refractivity contribution in [3.8, 4) is 0 Å². The van der Waals surface area contributed by atoms with E-state index in [0.29, 0.717) is 32.4 Å². The highest BCUT2D eigenvalue weighted by atomic mass is 16.5. The summed E-state index contributed by atoms with van der Waals surface area (Å²) < 4.78 is 5.40. The Labute approximate surface area is 161 Å². The molecule has 0 heterocycles. The molecule has 3 rings (SSSR count). The first-order valence-corrected chi connectivity index (χ1v) is 9.66. The third-order valence-electron chi connectivity index (χ3n) is 5.39. The van der Waals surface area contributed by atoms with Gasteiger partial charge < -0.3 is 14.7 Å². The molecule has 4 nitrogen and oxygen atoms in total. The smallest absolute Gasteiger partial charge is 0.226 e. The van der Waals surface area contributed by atoms with Gasteiger partial charge in [-0.1, -0.05) is 60.2 Å². The van der Waals surface area contributed by atoms with E-state index in [1.54, 1.807) is 7.11 Å². The molecular weight excluding hydrogens is 338 g/mol. The van der Waals surface area contributed by atoms with Crippen molar-refractivity contribution in [1.82, 2.24) is 4.90 Å². The Morgan fingerprint density at radius 3 is 2.48 bits per heavy atom. The second-order valence-electron chi connectivity index (χ2n) is 7.52. The summed E-state index contributed by atoms with van der Waals surface area (Å²) in [5.74, 6) is 0.0428. The van der Waals surface area contributed by atoms with E-state index in [2.05, 4.69) is 37.3 Å². The minimum absolute atomic E-state index is 0.105. The molecule has 2 aromatic carbocycles. The van der Waals surface area contributed by atoms with Crippen LogP contribution in [0, 0.1) is 12.8 Å². The summed E-state index contributed by atoms with van der Waals surface area (Å²) in [5, 5.41) is 10.1. The molecule has 0 bridgehead atoms. The number of aliphatic hydroxyl groups excluding tert-OH is 1. The maximum Gasteiger partial charge on any atom is 0.226 e. The molecule has 1 aliphatic rings. The lowest BCUT2D eigenvalue weighted by Gasteiger charge is -2.35. The van der Waals surface area contributed by atoms with Gasteiger partial charge >= 0.3 is 0 Å². The lowest BCUT2D eigenvalue weighted by molar-refractivity contribution is -0.142. The van der Waals surface area contributed by atoms with Crippen molar-refractivity contribution in [1.29, 1.82) is 0 Å². The van der Waals surface area contributed by atoms with Crippen molar-refractivity contribution in [2.45, 2.75) is 51.5 Å². The number of amides is 1. The molecule has 1 N–H and O–H groups in total. The zero-order valence-electron chi connectivity index (χ0n) is 16.2. The predicted molar refractivity (Wildman–Crippen MR) is 106 cm³/mol. The Morgan fingerprint density at radius 1 is 1.07 bits per heavy atom. The number of rotatable bonds is 6. The van der Waals surface area contributed by atoms with Gasteiger partial charge in [-0.25, -0.2) is 0 Å². The average Bonchev–Trinajstić information content (AvgIpc) is 2.68. The van der Waals surface area contributed by atoms with E-state index in [1.807, 2.05) is 29.2 Å². The van der Waals surface area contributed by atoms with Gasteiger partial charge in [0.2, 0.25) is 5.91 Å². The number of benzene rings is 2. The van der Waals surface area contributed by atoms with Crippen LogP contribution in [-0.2, 0) is 22.6 Å². The standard InChI is InChI=1S/C23H29NO3/c1-17-7-6-10-19(13-17)16-24(15-18-8-4-3-5-9-18)23(26)20-11-12-21(25)22(14-20)27-2/h3-10,13,20-22,25H,11-12,14-16H2,1-2H3/t20-,21+,22-/m1/s1. The van der Waals surface area contributed by atoms with Gasteiger partial charge in [0.25, 0.3) is 0 Å². The van der Waals surface area contributed by atoms with Gasteiger partial charge in [0, 0.05) is 26.1 Å². The molecule has 0 aliphatic heterocycles. The maximum absolute atomic E-state index is 13.3. The molecule has 4 heteroatoms. The molecule has 0 unspecified atom stereocenters. The number of carbonyl (C=O) groups excluding carboxylic acids is 1. The number of nitrogens with zero attached hydrogens (tertiary/aromatic N) is 1. The highest BCUT2D eigenvalue weighted by Crippen LogP contribution is 2.29. The van der Waals surface area contributed by atoms with Crippen molar-refractivity contribution < 1.29 is 14.6 Å². The number of hydrogen-bond donors (Lipinski definition) is 1. The van der Waals surface area contributed by atoms with Crippen LogP contribution < -0.4 is 0 Å². The third kappa shape index (κ3) is 5.18. The highest BCUT2D eigenvalue weighted by Gasteiger charge is 2.35. The van der Waals surface area contributed by atoms with E-state index < -0.39 is 6.10 Å². The predicted octanol–water partition coefficient (Wildman–Crippen LogP) is 3.70. The van der Waals surface area contributed by atoms with Crippen LogP contribution in [0.3, 0.4) is 0 Å². The number of aryl methyl sites for hydroxylation is 1. The number of aliphatic hydroxyl groups is 1. The van der Waals surface area contributed by atoms with Crippen molar-refractivity contribution in [2.75, 3.05) is 7.11 Å². The van der Waals surface area contributed by atoms with E-state index in [0.717, 1.165) is 11.1 Å². The summed E-state index contributed by atoms with van der Waals surface area (Å²) in [6.45, 7) is 3.25. The van der Waals surface area contributed by atoms with E-state index in [4.69, 9.17) is 4.74 Å². The first-order chi connectivity index (χ1) is 13.1. The van der Waals surface area contributed by atoms with Gasteiger partial charge in [0.15, 0.2) is 0 Å². The number of ether oxygens (including phenoxy) is 1. The molecule has 0 saturated heterocycles. The van der Waals surface area contributed by atoms with E-state index in [-0.39, 0.29) is 17.9 Å². The van der Waals surface area contributed by atoms with Crippen LogP contribution in [-0.4, -0.2) is 35.2 Å². The summed E-state index contributed by atoms with van der Waals surface area (Å²) in [5.41, 5.74) is 3.45. The first-order valence-electron chi connectivity index (χ1n) is 9.66. The fourth-order valence-corrected chi connectivity index (χ4v) is 3.90. The van der Waals surface area contributed by atoms with Crippen molar-refractivity contribution in [3.05, 3.63) is 71.3 Å². The molecule has 0 spiro atoms. The largest absolute Gasteiger partial charge is 0.390 e. The second-order valence-corrected chi connectivity index (χ2v) is 7.52. The number of hydrogen-bond acceptors (Lipinski definition) is 3. The van der Waals surface area contributed by atoms with Crippen LogP contribution in [0.5, 0.6) is 0 Å². The lowest BCUT2D eigenvalue weighted by atomic mass is 9.84. The van der Waals surface area contributed by atoms with Crippen LogP contribution in [0.2, 0.25) is 0 Å². The molecule has 0 aromatic heterocycles. The number of methoxy groups -OCH3 is 1. The van der Waals surface area contributed by atoms with Crippen LogP contribution in [0.4, 0.5) is 0 Å². The summed E-state index contributed by atoms with van der Waals surface area (Å²) in [4.78, 5) is 15.3. The van der Waals surface area contributed by atoms with Crippen LogP contribution >= 0.6 is 0 Å². The molecule has 1 aliphatic carbocycles. The summed E-state index contributed by atoms with van der Waals surface area (Å²) >= 11 is 0. The monoisotopic (exact) mass is 367 g/mol. The fourth-order valence-electron chi connectivity index (χ4n) is 3.90. The van der Waals surface area contributed by atoms with Crippen molar-refractivity contribution in [2.24, 2.45) is 5.92 Å². The Morgan fingerprint density at radius 2 is 1.78 bits per heavy atom. The molecule has 3 atom stereocenters. The molecule has 27 heavy (non-hydrogen) atoms. The minimum atomic E-state index is -0.474. The van der Waals surface area contributed by atoms with E-state index in [9.17, 15) is 9.90 Å². The van der Waals surface area contributed by atoms with E-state index >= 15 is 0 Å². The van der Waals surface area contributed by atoms with Gasteiger partial charge in [0.05, 0.1) is 12.2 Å².